The molecule has 3 rings (SSSR count). The Balaban J connectivity index is 1.44. The molecule has 0 aromatic heterocycles. The fourth-order valence-corrected chi connectivity index (χ4v) is 3.65. The lowest BCUT2D eigenvalue weighted by molar-refractivity contribution is -0.137. The first-order chi connectivity index (χ1) is 13.8. The second-order valence-corrected chi connectivity index (χ2v) is 7.47. The van der Waals surface area contributed by atoms with Crippen LogP contribution in [0.1, 0.15) is 24.0 Å². The number of rotatable bonds is 7. The molecule has 2 saturated heterocycles. The van der Waals surface area contributed by atoms with Crippen molar-refractivity contribution in [3.8, 4) is 0 Å². The molecule has 2 aliphatic heterocycles. The molecule has 0 radical (unpaired) electrons. The number of amides is 2. The Morgan fingerprint density at radius 3 is 2.72 bits per heavy atom. The third-order valence-corrected chi connectivity index (χ3v) is 5.27. The van der Waals surface area contributed by atoms with Gasteiger partial charge in [-0.25, -0.2) is 0 Å². The Bertz CT molecular complexity index is 720. The van der Waals surface area contributed by atoms with E-state index in [-0.39, 0.29) is 31.3 Å². The topological polar surface area (TPSA) is 61.9 Å². The number of ether oxygens (including phenoxy) is 1. The molecule has 2 fully saturated rings. The van der Waals surface area contributed by atoms with Crippen molar-refractivity contribution in [1.29, 1.82) is 0 Å². The molecule has 1 N–H and O–H groups in total. The number of morpholine rings is 1. The monoisotopic (exact) mass is 413 g/mol. The Labute approximate surface area is 168 Å². The van der Waals surface area contributed by atoms with Gasteiger partial charge < -0.3 is 15.0 Å². The standard InChI is InChI=1S/C20H26F3N3O3/c21-20(22,23)17-4-1-3-15(11-17)13-26-14-16(12-18(26)27)19(28)24-5-2-6-25-7-9-29-10-8-25/h1,3-4,11,16H,2,5-10,12-14H2,(H,24,28). The van der Waals surface area contributed by atoms with E-state index in [4.69, 9.17) is 4.74 Å². The maximum absolute atomic E-state index is 12.8. The molecule has 2 heterocycles. The molecule has 2 aliphatic rings. The Kier molecular flexibility index (Phi) is 7.13. The van der Waals surface area contributed by atoms with Crippen LogP contribution in [0.25, 0.3) is 0 Å². The zero-order valence-corrected chi connectivity index (χ0v) is 16.2. The summed E-state index contributed by atoms with van der Waals surface area (Å²) >= 11 is 0. The van der Waals surface area contributed by atoms with Crippen LogP contribution in [0.5, 0.6) is 0 Å². The molecule has 0 aliphatic carbocycles. The summed E-state index contributed by atoms with van der Waals surface area (Å²) in [4.78, 5) is 28.3. The Morgan fingerprint density at radius 1 is 1.24 bits per heavy atom. The summed E-state index contributed by atoms with van der Waals surface area (Å²) < 4.78 is 43.8. The number of hydrogen-bond acceptors (Lipinski definition) is 4. The van der Waals surface area contributed by atoms with Crippen LogP contribution < -0.4 is 5.32 Å². The number of halogens is 3. The van der Waals surface area contributed by atoms with E-state index in [0.29, 0.717) is 12.1 Å². The zero-order valence-electron chi connectivity index (χ0n) is 16.2. The Hall–Kier alpha value is -2.13. The minimum absolute atomic E-state index is 0.0730. The molecular formula is C20H26F3N3O3. The van der Waals surface area contributed by atoms with Crippen molar-refractivity contribution in [3.63, 3.8) is 0 Å². The first-order valence-electron chi connectivity index (χ1n) is 9.84. The SMILES string of the molecule is O=C(NCCCN1CCOCC1)C1CC(=O)N(Cc2cccc(C(F)(F)F)c2)C1. The van der Waals surface area contributed by atoms with Crippen molar-refractivity contribution in [2.24, 2.45) is 5.92 Å². The molecule has 1 unspecified atom stereocenters. The molecule has 160 valence electrons. The number of likely N-dealkylation sites (tertiary alicyclic amines) is 1. The van der Waals surface area contributed by atoms with Gasteiger partial charge in [0.15, 0.2) is 0 Å². The van der Waals surface area contributed by atoms with Crippen LogP contribution in [-0.4, -0.2) is 67.6 Å². The number of carbonyl (C=O) groups excluding carboxylic acids is 2. The number of carbonyl (C=O) groups is 2. The summed E-state index contributed by atoms with van der Waals surface area (Å²) in [5.74, 6) is -0.848. The van der Waals surface area contributed by atoms with Crippen LogP contribution >= 0.6 is 0 Å². The highest BCUT2D eigenvalue weighted by Crippen LogP contribution is 2.30. The van der Waals surface area contributed by atoms with Crippen molar-refractivity contribution < 1.29 is 27.5 Å². The second kappa shape index (κ2) is 9.58. The maximum atomic E-state index is 12.8. The van der Waals surface area contributed by atoms with Crippen LogP contribution in [0.3, 0.4) is 0 Å². The summed E-state index contributed by atoms with van der Waals surface area (Å²) in [6, 6.07) is 4.94. The van der Waals surface area contributed by atoms with Crippen molar-refractivity contribution in [3.05, 3.63) is 35.4 Å². The van der Waals surface area contributed by atoms with Gasteiger partial charge in [-0.3, -0.25) is 14.5 Å². The van der Waals surface area contributed by atoms with Crippen molar-refractivity contribution in [1.82, 2.24) is 15.1 Å². The van der Waals surface area contributed by atoms with E-state index in [1.165, 1.54) is 11.0 Å². The van der Waals surface area contributed by atoms with Gasteiger partial charge in [0.1, 0.15) is 0 Å². The third kappa shape index (κ3) is 6.17. The summed E-state index contributed by atoms with van der Waals surface area (Å²) in [5, 5.41) is 2.87. The molecule has 0 spiro atoms. The van der Waals surface area contributed by atoms with E-state index in [0.717, 1.165) is 51.4 Å². The number of alkyl halides is 3. The van der Waals surface area contributed by atoms with Crippen molar-refractivity contribution in [2.45, 2.75) is 25.6 Å². The molecule has 1 aromatic rings. The lowest BCUT2D eigenvalue weighted by Crippen LogP contribution is -2.39. The van der Waals surface area contributed by atoms with Gasteiger partial charge in [-0.05, 0) is 30.7 Å². The van der Waals surface area contributed by atoms with Gasteiger partial charge in [0.05, 0.1) is 24.7 Å². The number of nitrogens with zero attached hydrogens (tertiary/aromatic N) is 2. The smallest absolute Gasteiger partial charge is 0.379 e. The van der Waals surface area contributed by atoms with Crippen LogP contribution in [0.2, 0.25) is 0 Å². The van der Waals surface area contributed by atoms with Crippen molar-refractivity contribution in [2.75, 3.05) is 45.9 Å². The molecule has 9 heteroatoms. The fraction of sp³-hybridized carbons (Fsp3) is 0.600. The zero-order chi connectivity index (χ0) is 20.9. The molecule has 2 amide bonds. The van der Waals surface area contributed by atoms with E-state index in [9.17, 15) is 22.8 Å². The summed E-state index contributed by atoms with van der Waals surface area (Å²) in [6.45, 7) is 4.99. The molecule has 1 atom stereocenters. The second-order valence-electron chi connectivity index (χ2n) is 7.47. The summed E-state index contributed by atoms with van der Waals surface area (Å²) in [5.41, 5.74) is -0.337. The fourth-order valence-electron chi connectivity index (χ4n) is 3.65. The molecular weight excluding hydrogens is 387 g/mol. The van der Waals surface area contributed by atoms with Gasteiger partial charge >= 0.3 is 6.18 Å². The van der Waals surface area contributed by atoms with E-state index in [1.807, 2.05) is 0 Å². The van der Waals surface area contributed by atoms with Gasteiger partial charge in [0, 0.05) is 39.1 Å². The number of benzene rings is 1. The molecule has 6 nitrogen and oxygen atoms in total. The average Bonchev–Trinajstić information content (AvgIpc) is 3.06. The van der Waals surface area contributed by atoms with E-state index >= 15 is 0 Å². The first kappa shape index (κ1) is 21.6. The van der Waals surface area contributed by atoms with Gasteiger partial charge in [-0.2, -0.15) is 13.2 Å². The average molecular weight is 413 g/mol. The van der Waals surface area contributed by atoms with Gasteiger partial charge in [0.2, 0.25) is 11.8 Å². The quantitative estimate of drug-likeness (QED) is 0.694. The summed E-state index contributed by atoms with van der Waals surface area (Å²) in [6.07, 6.45) is -3.51. The predicted octanol–water partition coefficient (Wildman–Crippen LogP) is 1.89. The molecule has 0 bridgehead atoms. The van der Waals surface area contributed by atoms with Crippen LogP contribution in [-0.2, 0) is 27.0 Å². The molecule has 0 saturated carbocycles. The molecule has 29 heavy (non-hydrogen) atoms. The van der Waals surface area contributed by atoms with Crippen molar-refractivity contribution >= 4 is 11.8 Å². The molecule has 1 aromatic carbocycles. The van der Waals surface area contributed by atoms with E-state index < -0.39 is 17.7 Å². The maximum Gasteiger partial charge on any atom is 0.416 e. The highest BCUT2D eigenvalue weighted by molar-refractivity contribution is 5.89. The largest absolute Gasteiger partial charge is 0.416 e. The minimum atomic E-state index is -4.42. The lowest BCUT2D eigenvalue weighted by Gasteiger charge is -2.26. The third-order valence-electron chi connectivity index (χ3n) is 5.27. The van der Waals surface area contributed by atoms with Gasteiger partial charge in [0.25, 0.3) is 0 Å². The van der Waals surface area contributed by atoms with E-state index in [1.54, 1.807) is 6.07 Å². The number of hydrogen-bond donors (Lipinski definition) is 1. The van der Waals surface area contributed by atoms with E-state index in [2.05, 4.69) is 10.2 Å². The normalized spacial score (nSPS) is 20.9. The van der Waals surface area contributed by atoms with Crippen LogP contribution in [0, 0.1) is 5.92 Å². The predicted molar refractivity (Wildman–Crippen MR) is 99.9 cm³/mol. The highest BCUT2D eigenvalue weighted by Gasteiger charge is 2.35. The lowest BCUT2D eigenvalue weighted by atomic mass is 10.1. The number of nitrogens with one attached hydrogen (secondary N) is 1. The Morgan fingerprint density at radius 2 is 2.00 bits per heavy atom. The van der Waals surface area contributed by atoms with Gasteiger partial charge in [-0.1, -0.05) is 12.1 Å². The minimum Gasteiger partial charge on any atom is -0.379 e. The highest BCUT2D eigenvalue weighted by atomic mass is 19.4. The van der Waals surface area contributed by atoms with Crippen LogP contribution in [0.4, 0.5) is 13.2 Å². The first-order valence-corrected chi connectivity index (χ1v) is 9.84. The van der Waals surface area contributed by atoms with Crippen LogP contribution in [0.15, 0.2) is 24.3 Å². The van der Waals surface area contributed by atoms with Gasteiger partial charge in [-0.15, -0.1) is 0 Å². The summed E-state index contributed by atoms with van der Waals surface area (Å²) in [7, 11) is 0.